The van der Waals surface area contributed by atoms with Crippen LogP contribution in [-0.2, 0) is 11.3 Å². The predicted molar refractivity (Wildman–Crippen MR) is 101 cm³/mol. The molecule has 0 spiro atoms. The maximum Gasteiger partial charge on any atom is 0.167 e. The van der Waals surface area contributed by atoms with Crippen LogP contribution in [-0.4, -0.2) is 59.8 Å². The van der Waals surface area contributed by atoms with Crippen molar-refractivity contribution in [3.05, 3.63) is 52.9 Å². The highest BCUT2D eigenvalue weighted by atomic mass is 16.6. The van der Waals surface area contributed by atoms with Crippen LogP contribution >= 0.6 is 0 Å². The maximum atomic E-state index is 10.2. The Kier molecular flexibility index (Phi) is 5.25. The van der Waals surface area contributed by atoms with Gasteiger partial charge in [-0.15, -0.1) is 0 Å². The van der Waals surface area contributed by atoms with Crippen LogP contribution in [0.2, 0.25) is 0 Å². The number of anilines is 1. The van der Waals surface area contributed by atoms with E-state index in [4.69, 9.17) is 10.3 Å². The highest BCUT2D eigenvalue weighted by molar-refractivity contribution is 5.82. The van der Waals surface area contributed by atoms with Crippen molar-refractivity contribution in [3.8, 4) is 0 Å². The molecule has 0 saturated carbocycles. The number of fused-ring (bicyclic) bond motifs is 1. The highest BCUT2D eigenvalue weighted by Gasteiger charge is 2.44. The van der Waals surface area contributed by atoms with Gasteiger partial charge in [-0.2, -0.15) is 0 Å². The summed E-state index contributed by atoms with van der Waals surface area (Å²) in [5.41, 5.74) is 10.8. The average Bonchev–Trinajstić information content (AvgIpc) is 3.29. The second-order valence-corrected chi connectivity index (χ2v) is 6.48. The average molecular weight is 398 g/mol. The van der Waals surface area contributed by atoms with E-state index >= 15 is 0 Å². The first-order valence-corrected chi connectivity index (χ1v) is 8.80. The van der Waals surface area contributed by atoms with Crippen LogP contribution in [0.1, 0.15) is 11.8 Å². The molecule has 0 amide bonds. The van der Waals surface area contributed by atoms with Crippen molar-refractivity contribution in [1.82, 2.24) is 19.5 Å². The maximum absolute atomic E-state index is 10.2. The molecule has 0 aliphatic carbocycles. The summed E-state index contributed by atoms with van der Waals surface area (Å²) in [5.74, 6) is 0.486. The van der Waals surface area contributed by atoms with Crippen molar-refractivity contribution in [2.24, 2.45) is 5.11 Å². The number of nitrogens with zero attached hydrogens (tertiary/aromatic N) is 7. The van der Waals surface area contributed by atoms with Gasteiger partial charge >= 0.3 is 0 Å². The Balaban J connectivity index is 1.55. The number of ether oxygens (including phenoxy) is 1. The standard InChI is InChI=1S/C17H18N8O4/c18-24-23-10-3-1-9(2-4-10)5-19-15-12-16(21-7-20-15)25(8-22-12)17-14(28)13(27)11(6-26)29-17/h1-4,7-8,11,13-14,17,26-28H,5-6H2,(H,19,20,21)/t11-,13+,14-,17-/m1/s1. The fourth-order valence-electron chi connectivity index (χ4n) is 3.20. The van der Waals surface area contributed by atoms with Gasteiger partial charge in [0, 0.05) is 17.1 Å². The minimum Gasteiger partial charge on any atom is -0.394 e. The zero-order chi connectivity index (χ0) is 20.4. The molecule has 1 aliphatic rings. The van der Waals surface area contributed by atoms with Crippen molar-refractivity contribution in [3.63, 3.8) is 0 Å². The van der Waals surface area contributed by atoms with Gasteiger partial charge in [-0.3, -0.25) is 4.57 Å². The molecular formula is C17H18N8O4. The number of azide groups is 1. The lowest BCUT2D eigenvalue weighted by Crippen LogP contribution is -2.33. The van der Waals surface area contributed by atoms with Gasteiger partial charge in [0.25, 0.3) is 0 Å². The van der Waals surface area contributed by atoms with Gasteiger partial charge in [-0.25, -0.2) is 15.0 Å². The van der Waals surface area contributed by atoms with Crippen LogP contribution in [0.5, 0.6) is 0 Å². The summed E-state index contributed by atoms with van der Waals surface area (Å²) in [5, 5.41) is 36.2. The zero-order valence-electron chi connectivity index (χ0n) is 15.1. The summed E-state index contributed by atoms with van der Waals surface area (Å²) in [7, 11) is 0. The third-order valence-electron chi connectivity index (χ3n) is 4.71. The fraction of sp³-hybridized carbons (Fsp3) is 0.353. The molecule has 0 unspecified atom stereocenters. The molecule has 3 heterocycles. The zero-order valence-corrected chi connectivity index (χ0v) is 15.1. The van der Waals surface area contributed by atoms with Crippen molar-refractivity contribution in [2.75, 3.05) is 11.9 Å². The van der Waals surface area contributed by atoms with E-state index in [9.17, 15) is 15.3 Å². The first kappa shape index (κ1) is 19.1. The molecule has 2 aromatic heterocycles. The van der Waals surface area contributed by atoms with Gasteiger partial charge in [-0.1, -0.05) is 29.4 Å². The van der Waals surface area contributed by atoms with Crippen LogP contribution in [0.15, 0.2) is 42.0 Å². The van der Waals surface area contributed by atoms with Gasteiger partial charge in [0.1, 0.15) is 24.6 Å². The third kappa shape index (κ3) is 3.58. The Bertz CT molecular complexity index is 1050. The van der Waals surface area contributed by atoms with Crippen molar-refractivity contribution in [1.29, 1.82) is 0 Å². The topological polar surface area (TPSA) is 174 Å². The number of imidazole rings is 1. The van der Waals surface area contributed by atoms with Gasteiger partial charge in [0.05, 0.1) is 12.9 Å². The lowest BCUT2D eigenvalue weighted by atomic mass is 10.1. The number of hydrogen-bond acceptors (Lipinski definition) is 9. The molecule has 4 rings (SSSR count). The third-order valence-corrected chi connectivity index (χ3v) is 4.71. The molecule has 4 N–H and O–H groups in total. The van der Waals surface area contributed by atoms with Crippen LogP contribution in [0.3, 0.4) is 0 Å². The predicted octanol–water partition coefficient (Wildman–Crippen LogP) is 0.992. The van der Waals surface area contributed by atoms with E-state index < -0.39 is 31.1 Å². The molecular weight excluding hydrogens is 380 g/mol. The lowest BCUT2D eigenvalue weighted by Gasteiger charge is -2.16. The van der Waals surface area contributed by atoms with Crippen LogP contribution in [0.4, 0.5) is 11.5 Å². The molecule has 29 heavy (non-hydrogen) atoms. The molecule has 0 radical (unpaired) electrons. The first-order valence-electron chi connectivity index (χ1n) is 8.80. The quantitative estimate of drug-likeness (QED) is 0.270. The molecule has 1 aliphatic heterocycles. The SMILES string of the molecule is [N-]=[N+]=Nc1ccc(CNc2ncnc3c2ncn3[C@@H]2O[C@H](CO)[C@H](O)[C@H]2O)cc1. The molecule has 12 nitrogen and oxygen atoms in total. The highest BCUT2D eigenvalue weighted by Crippen LogP contribution is 2.32. The van der Waals surface area contributed by atoms with E-state index in [0.29, 0.717) is 29.2 Å². The first-order chi connectivity index (χ1) is 14.1. The smallest absolute Gasteiger partial charge is 0.167 e. The van der Waals surface area contributed by atoms with E-state index in [1.54, 1.807) is 12.1 Å². The number of aliphatic hydroxyl groups excluding tert-OH is 3. The molecule has 150 valence electrons. The second-order valence-electron chi connectivity index (χ2n) is 6.48. The molecule has 12 heteroatoms. The number of rotatable bonds is 6. The summed E-state index contributed by atoms with van der Waals surface area (Å²) in [6.07, 6.45) is -1.46. The van der Waals surface area contributed by atoms with Gasteiger partial charge in [-0.05, 0) is 11.1 Å². The van der Waals surface area contributed by atoms with Crippen LogP contribution in [0, 0.1) is 0 Å². The van der Waals surface area contributed by atoms with E-state index in [0.717, 1.165) is 5.56 Å². The molecule has 0 bridgehead atoms. The fourth-order valence-corrected chi connectivity index (χ4v) is 3.20. The number of nitrogens with one attached hydrogen (secondary N) is 1. The van der Waals surface area contributed by atoms with Crippen molar-refractivity contribution < 1.29 is 20.1 Å². The van der Waals surface area contributed by atoms with E-state index in [1.807, 2.05) is 12.1 Å². The summed E-state index contributed by atoms with van der Waals surface area (Å²) >= 11 is 0. The Morgan fingerprint density at radius 3 is 2.66 bits per heavy atom. The monoisotopic (exact) mass is 398 g/mol. The van der Waals surface area contributed by atoms with Crippen molar-refractivity contribution in [2.45, 2.75) is 31.1 Å². The normalized spacial score (nSPS) is 23.8. The minimum atomic E-state index is -1.23. The minimum absolute atomic E-state index is 0.413. The molecule has 1 fully saturated rings. The number of aromatic nitrogens is 4. The Labute approximate surface area is 164 Å². The van der Waals surface area contributed by atoms with Gasteiger partial charge in [0.2, 0.25) is 0 Å². The summed E-state index contributed by atoms with van der Waals surface area (Å²) in [6, 6.07) is 7.08. The summed E-state index contributed by atoms with van der Waals surface area (Å²) in [6.45, 7) is 0.0327. The number of aliphatic hydroxyl groups is 3. The summed E-state index contributed by atoms with van der Waals surface area (Å²) in [4.78, 5) is 15.5. The molecule has 4 atom stereocenters. The van der Waals surface area contributed by atoms with Crippen LogP contribution < -0.4 is 5.32 Å². The van der Waals surface area contributed by atoms with Gasteiger partial charge < -0.3 is 25.4 Å². The molecule has 1 saturated heterocycles. The molecule has 3 aromatic rings. The summed E-state index contributed by atoms with van der Waals surface area (Å²) < 4.78 is 7.05. The lowest BCUT2D eigenvalue weighted by molar-refractivity contribution is -0.0511. The van der Waals surface area contributed by atoms with Crippen LogP contribution in [0.25, 0.3) is 21.6 Å². The Morgan fingerprint density at radius 2 is 1.97 bits per heavy atom. The van der Waals surface area contributed by atoms with E-state index in [-0.39, 0.29) is 0 Å². The van der Waals surface area contributed by atoms with Gasteiger partial charge in [0.15, 0.2) is 23.2 Å². The largest absolute Gasteiger partial charge is 0.394 e. The number of hydrogen-bond donors (Lipinski definition) is 4. The van der Waals surface area contributed by atoms with E-state index in [2.05, 4.69) is 30.3 Å². The van der Waals surface area contributed by atoms with Crippen molar-refractivity contribution >= 4 is 22.7 Å². The van der Waals surface area contributed by atoms with E-state index in [1.165, 1.54) is 17.2 Å². The Hall–Kier alpha value is -3.28. The number of benzene rings is 1. The Morgan fingerprint density at radius 1 is 1.17 bits per heavy atom. The molecule has 1 aromatic carbocycles. The second kappa shape index (κ2) is 7.99.